The molecule has 4 heteroatoms. The highest BCUT2D eigenvalue weighted by Crippen LogP contribution is 2.00. The highest BCUT2D eigenvalue weighted by atomic mass is 16.5. The third-order valence-electron chi connectivity index (χ3n) is 1.89. The normalized spacial score (nSPS) is 11.7. The fourth-order valence-corrected chi connectivity index (χ4v) is 0.813. The number of ether oxygens (including phenoxy) is 1. The van der Waals surface area contributed by atoms with Crippen LogP contribution in [0, 0.1) is 0 Å². The largest absolute Gasteiger partial charge is 0.465 e. The van der Waals surface area contributed by atoms with E-state index < -0.39 is 0 Å². The lowest BCUT2D eigenvalue weighted by molar-refractivity contribution is -0.141. The minimum Gasteiger partial charge on any atom is -0.465 e. The maximum atomic E-state index is 10.9. The highest BCUT2D eigenvalue weighted by Gasteiger charge is 2.04. The average Bonchev–Trinajstić information content (AvgIpc) is 2.13. The monoisotopic (exact) mass is 199 g/mol. The van der Waals surface area contributed by atoms with Crippen molar-refractivity contribution < 1.29 is 14.3 Å². The zero-order valence-corrected chi connectivity index (χ0v) is 9.14. The summed E-state index contributed by atoms with van der Waals surface area (Å²) < 4.78 is 4.72. The molecule has 0 saturated carbocycles. The van der Waals surface area contributed by atoms with Crippen molar-refractivity contribution in [2.45, 2.75) is 27.7 Å². The van der Waals surface area contributed by atoms with Crippen molar-refractivity contribution in [3.63, 3.8) is 0 Å². The number of Topliss-reactive ketones (excluding diaryl/α,β-unsaturated/α-hetero) is 1. The first-order chi connectivity index (χ1) is 6.49. The molecule has 0 unspecified atom stereocenters. The molecule has 0 aliphatic carbocycles. The Labute approximate surface area is 84.3 Å². The molecule has 0 aliphatic rings. The molecule has 4 nitrogen and oxygen atoms in total. The molecule has 0 aliphatic heterocycles. The van der Waals surface area contributed by atoms with E-state index in [9.17, 15) is 9.59 Å². The Hall–Kier alpha value is -1.32. The van der Waals surface area contributed by atoms with Crippen LogP contribution in [-0.2, 0) is 14.3 Å². The molecular formula is C10H17NO3. The van der Waals surface area contributed by atoms with E-state index in [2.05, 4.69) is 5.32 Å². The molecule has 0 heterocycles. The molecule has 0 spiro atoms. The number of rotatable bonds is 5. The van der Waals surface area contributed by atoms with E-state index in [1.54, 1.807) is 20.8 Å². The van der Waals surface area contributed by atoms with Crippen molar-refractivity contribution >= 4 is 11.8 Å². The molecular weight excluding hydrogens is 182 g/mol. The van der Waals surface area contributed by atoms with Crippen molar-refractivity contribution in [1.82, 2.24) is 5.32 Å². The quantitative estimate of drug-likeness (QED) is 0.530. The lowest BCUT2D eigenvalue weighted by Crippen LogP contribution is -2.24. The minimum atomic E-state index is -0.316. The molecule has 0 rings (SSSR count). The number of ketones is 1. The van der Waals surface area contributed by atoms with E-state index >= 15 is 0 Å². The molecule has 0 aromatic rings. The summed E-state index contributed by atoms with van der Waals surface area (Å²) in [5.74, 6) is -0.318. The van der Waals surface area contributed by atoms with Gasteiger partial charge < -0.3 is 10.1 Å². The summed E-state index contributed by atoms with van der Waals surface area (Å²) in [4.78, 5) is 21.9. The molecule has 0 radical (unpaired) electrons. The zero-order valence-electron chi connectivity index (χ0n) is 9.14. The Bertz CT molecular complexity index is 256. The number of hydrogen-bond donors (Lipinski definition) is 1. The summed E-state index contributed by atoms with van der Waals surface area (Å²) in [6.45, 7) is 7.19. The van der Waals surface area contributed by atoms with Crippen molar-refractivity contribution in [1.29, 1.82) is 0 Å². The molecule has 0 saturated heterocycles. The molecule has 80 valence electrons. The predicted octanol–water partition coefficient (Wildman–Crippen LogP) is 1.02. The van der Waals surface area contributed by atoms with Gasteiger partial charge in [0, 0.05) is 11.3 Å². The zero-order chi connectivity index (χ0) is 11.1. The predicted molar refractivity (Wildman–Crippen MR) is 53.7 cm³/mol. The topological polar surface area (TPSA) is 55.4 Å². The minimum absolute atomic E-state index is 0.00106. The van der Waals surface area contributed by atoms with Crippen molar-refractivity contribution in [3.05, 3.63) is 11.3 Å². The fraction of sp³-hybridized carbons (Fsp3) is 0.600. The van der Waals surface area contributed by atoms with Gasteiger partial charge in [-0.25, -0.2) is 0 Å². The van der Waals surface area contributed by atoms with Crippen LogP contribution < -0.4 is 5.32 Å². The number of esters is 1. The summed E-state index contributed by atoms with van der Waals surface area (Å²) in [6, 6.07) is 0. The summed E-state index contributed by atoms with van der Waals surface area (Å²) in [6.07, 6.45) is 0. The number of nitrogens with one attached hydrogen (secondary N) is 1. The van der Waals surface area contributed by atoms with Crippen LogP contribution >= 0.6 is 0 Å². The third-order valence-corrected chi connectivity index (χ3v) is 1.89. The fourth-order valence-electron chi connectivity index (χ4n) is 0.813. The van der Waals surface area contributed by atoms with Crippen LogP contribution in [0.3, 0.4) is 0 Å². The van der Waals surface area contributed by atoms with E-state index in [0.29, 0.717) is 17.9 Å². The molecule has 0 atom stereocenters. The second kappa shape index (κ2) is 6.18. The number of allylic oxidation sites excluding steroid dienone is 2. The van der Waals surface area contributed by atoms with Gasteiger partial charge in [0.1, 0.15) is 6.54 Å². The second-order valence-corrected chi connectivity index (χ2v) is 2.96. The van der Waals surface area contributed by atoms with Gasteiger partial charge in [0.05, 0.1) is 6.61 Å². The van der Waals surface area contributed by atoms with Gasteiger partial charge in [-0.1, -0.05) is 0 Å². The summed E-state index contributed by atoms with van der Waals surface area (Å²) in [7, 11) is 0. The molecule has 0 aromatic heterocycles. The average molecular weight is 199 g/mol. The molecule has 0 amide bonds. The standard InChI is InChI=1S/C10H17NO3/c1-5-14-10(13)6-11-8(3)7(2)9(4)12/h11H,5-6H2,1-4H3/b8-7+. The SMILES string of the molecule is CCOC(=O)CN/C(C)=C(\C)C(C)=O. The Morgan fingerprint density at radius 1 is 1.21 bits per heavy atom. The second-order valence-electron chi connectivity index (χ2n) is 2.96. The number of carbonyl (C=O) groups is 2. The van der Waals surface area contributed by atoms with Gasteiger partial charge in [0.25, 0.3) is 0 Å². The lowest BCUT2D eigenvalue weighted by Gasteiger charge is -2.08. The molecule has 1 N–H and O–H groups in total. The van der Waals surface area contributed by atoms with E-state index in [1.807, 2.05) is 0 Å². The molecule has 0 bridgehead atoms. The lowest BCUT2D eigenvalue weighted by atomic mass is 10.2. The van der Waals surface area contributed by atoms with Gasteiger partial charge in [-0.2, -0.15) is 0 Å². The van der Waals surface area contributed by atoms with Crippen LogP contribution in [-0.4, -0.2) is 24.9 Å². The molecule has 14 heavy (non-hydrogen) atoms. The number of carbonyl (C=O) groups excluding carboxylic acids is 2. The third kappa shape index (κ3) is 4.64. The Morgan fingerprint density at radius 3 is 2.21 bits per heavy atom. The maximum Gasteiger partial charge on any atom is 0.325 e. The van der Waals surface area contributed by atoms with Crippen molar-refractivity contribution in [2.75, 3.05) is 13.2 Å². The summed E-state index contributed by atoms with van der Waals surface area (Å²) >= 11 is 0. The van der Waals surface area contributed by atoms with Crippen LogP contribution in [0.1, 0.15) is 27.7 Å². The first-order valence-corrected chi connectivity index (χ1v) is 4.57. The van der Waals surface area contributed by atoms with E-state index in [-0.39, 0.29) is 18.3 Å². The highest BCUT2D eigenvalue weighted by molar-refractivity contribution is 5.93. The van der Waals surface area contributed by atoms with Gasteiger partial charge in [0.15, 0.2) is 5.78 Å². The van der Waals surface area contributed by atoms with Gasteiger partial charge in [0.2, 0.25) is 0 Å². The number of hydrogen-bond acceptors (Lipinski definition) is 4. The molecule has 0 aromatic carbocycles. The van der Waals surface area contributed by atoms with Crippen molar-refractivity contribution in [2.24, 2.45) is 0 Å². The van der Waals surface area contributed by atoms with Crippen LogP contribution in [0.15, 0.2) is 11.3 Å². The van der Waals surface area contributed by atoms with Gasteiger partial charge >= 0.3 is 5.97 Å². The van der Waals surface area contributed by atoms with Gasteiger partial charge in [-0.05, 0) is 27.7 Å². The Balaban J connectivity index is 4.08. The Morgan fingerprint density at radius 2 is 1.79 bits per heavy atom. The van der Waals surface area contributed by atoms with Crippen LogP contribution in [0.25, 0.3) is 0 Å². The molecule has 0 fully saturated rings. The van der Waals surface area contributed by atoms with Crippen LogP contribution in [0.4, 0.5) is 0 Å². The van der Waals surface area contributed by atoms with E-state index in [1.165, 1.54) is 6.92 Å². The first-order valence-electron chi connectivity index (χ1n) is 4.57. The summed E-state index contributed by atoms with van der Waals surface area (Å²) in [5.41, 5.74) is 1.35. The van der Waals surface area contributed by atoms with Gasteiger partial charge in [-0.3, -0.25) is 9.59 Å². The van der Waals surface area contributed by atoms with E-state index in [0.717, 1.165) is 0 Å². The first kappa shape index (κ1) is 12.7. The maximum absolute atomic E-state index is 10.9. The Kier molecular flexibility index (Phi) is 5.60. The van der Waals surface area contributed by atoms with E-state index in [4.69, 9.17) is 4.74 Å². The van der Waals surface area contributed by atoms with Gasteiger partial charge in [-0.15, -0.1) is 0 Å². The van der Waals surface area contributed by atoms with Crippen LogP contribution in [0.2, 0.25) is 0 Å². The summed E-state index contributed by atoms with van der Waals surface area (Å²) in [5, 5.41) is 2.83. The van der Waals surface area contributed by atoms with Crippen LogP contribution in [0.5, 0.6) is 0 Å². The van der Waals surface area contributed by atoms with Crippen molar-refractivity contribution in [3.8, 4) is 0 Å². The smallest absolute Gasteiger partial charge is 0.325 e.